The van der Waals surface area contributed by atoms with Crippen molar-refractivity contribution in [3.05, 3.63) is 293 Å². The van der Waals surface area contributed by atoms with Crippen LogP contribution in [0.2, 0.25) is 50.2 Å². The Morgan fingerprint density at radius 2 is 0.604 bits per heavy atom. The van der Waals surface area contributed by atoms with E-state index >= 15 is 0 Å². The molecule has 554 valence electrons. The van der Waals surface area contributed by atoms with Crippen LogP contribution in [-0.4, -0.2) is 5.11 Å². The van der Waals surface area contributed by atoms with Gasteiger partial charge >= 0.3 is 0 Å². The van der Waals surface area contributed by atoms with Gasteiger partial charge in [0.15, 0.2) is 0 Å². The van der Waals surface area contributed by atoms with Crippen molar-refractivity contribution in [3.8, 4) is 5.75 Å². The van der Waals surface area contributed by atoms with Crippen LogP contribution in [0, 0.1) is 5.82 Å². The lowest BCUT2D eigenvalue weighted by molar-refractivity contribution is 0.447. The number of hydrogen-bond donors (Lipinski definition) is 1. The van der Waals surface area contributed by atoms with E-state index in [4.69, 9.17) is 116 Å². The molecule has 0 atom stereocenters. The number of phenols is 1. The van der Waals surface area contributed by atoms with E-state index in [0.29, 0.717) is 35.9 Å². The SMILES string of the molecule is CC(C)(C)c1cc(Cl)ccc1Cl.CC(C)(C)c1cc(F)ccc1Cl.CC(C)(C)c1ccc(Cl)c(Cl)c1.CC(C)(C)c1ccc(Cl)cc1.CC(C)(C)c1ccc(Cl)cc1Cl.CC(C)(C)c1ccc(Cl)cc1O.CC(C)(C)c1ccccc1.CC(C)(C)c1ccccc1Cl.CC(C)(C)c1cccs1. The predicted molar refractivity (Wildman–Crippen MR) is 456 cm³/mol. The monoisotopic (exact) mass is 1590 g/mol. The summed E-state index contributed by atoms with van der Waals surface area (Å²) in [4.78, 5) is 1.46. The molecule has 0 aliphatic rings. The molecule has 1 N–H and O–H groups in total. The van der Waals surface area contributed by atoms with Crippen molar-refractivity contribution in [2.24, 2.45) is 0 Å². The third-order valence-electron chi connectivity index (χ3n) is 15.1. The minimum atomic E-state index is -0.232. The molecule has 9 rings (SSSR count). The van der Waals surface area contributed by atoms with Crippen molar-refractivity contribution in [2.75, 3.05) is 0 Å². The number of halogens is 11. The van der Waals surface area contributed by atoms with Gasteiger partial charge in [-0.1, -0.05) is 388 Å². The van der Waals surface area contributed by atoms with Crippen molar-refractivity contribution in [2.45, 2.75) is 236 Å². The molecule has 0 bridgehead atoms. The van der Waals surface area contributed by atoms with Crippen LogP contribution in [0.1, 0.15) is 236 Å². The van der Waals surface area contributed by atoms with Gasteiger partial charge in [-0.3, -0.25) is 0 Å². The molecule has 8 aromatic carbocycles. The van der Waals surface area contributed by atoms with Gasteiger partial charge in [-0.25, -0.2) is 4.39 Å². The molecule has 0 radical (unpaired) electrons. The molecule has 1 heterocycles. The number of hydrogen-bond acceptors (Lipinski definition) is 2. The molecular formula is C88H113Cl10FOS. The minimum absolute atomic E-state index is 0.0331. The van der Waals surface area contributed by atoms with Gasteiger partial charge < -0.3 is 5.11 Å². The Morgan fingerprint density at radius 1 is 0.248 bits per heavy atom. The summed E-state index contributed by atoms with van der Waals surface area (Å²) in [6.45, 7) is 57.8. The minimum Gasteiger partial charge on any atom is -0.508 e. The van der Waals surface area contributed by atoms with Crippen molar-refractivity contribution < 1.29 is 9.50 Å². The predicted octanol–water partition coefficient (Wildman–Crippen LogP) is 33.3. The first kappa shape index (κ1) is 95.1. The van der Waals surface area contributed by atoms with Crippen LogP contribution in [0.25, 0.3) is 0 Å². The number of aromatic hydroxyl groups is 1. The standard InChI is InChI=1S/3C10H12Cl2.C10H12ClF.C10H13ClO.2C10H13Cl.C10H14.C8H12S/c1-10(2,3)8-6-7(11)4-5-9(8)12;1-10(2,3)8-5-4-7(11)6-9(8)12;1-10(2,3)7-4-5-8(11)9(12)6-7;1-10(2,3)8-6-7(12)4-5-9(8)11;1-10(2,3)8-5-4-7(11)6-9(8)12;1-10(2,3)8-4-6-9(11)7-5-8;1-10(2,3)8-6-4-5-7-9(8)11;1-10(2,3)9-7-5-4-6-8-9;1-8(2,3)7-5-4-6-9-7/h4*4-6H,1-3H3;4-6,12H,1-3H3;2*4-7H,1-3H3;4-8H,1-3H3;4-6H,1-3H3. The zero-order valence-electron chi connectivity index (χ0n) is 64.9. The molecular weight excluding hydrogens is 1480 g/mol. The van der Waals surface area contributed by atoms with Gasteiger partial charge in [0.05, 0.1) is 10.0 Å². The Balaban J connectivity index is 0.000000569. The van der Waals surface area contributed by atoms with Crippen molar-refractivity contribution in [1.82, 2.24) is 0 Å². The van der Waals surface area contributed by atoms with Gasteiger partial charge in [-0.2, -0.15) is 0 Å². The summed E-state index contributed by atoms with van der Waals surface area (Å²) in [5.74, 6) is 0.0410. The van der Waals surface area contributed by atoms with Crippen LogP contribution in [0.4, 0.5) is 4.39 Å². The van der Waals surface area contributed by atoms with E-state index in [2.05, 4.69) is 232 Å². The second-order valence-electron chi connectivity index (χ2n) is 33.7. The maximum absolute atomic E-state index is 12.8. The lowest BCUT2D eigenvalue weighted by Crippen LogP contribution is -2.11. The molecule has 0 saturated heterocycles. The highest BCUT2D eigenvalue weighted by Gasteiger charge is 2.22. The fraction of sp³-hybridized carbons (Fsp3) is 0.409. The van der Waals surface area contributed by atoms with Crippen molar-refractivity contribution in [1.29, 1.82) is 0 Å². The molecule has 0 amide bonds. The molecule has 101 heavy (non-hydrogen) atoms. The Kier molecular flexibility index (Phi) is 38.9. The van der Waals surface area contributed by atoms with Crippen LogP contribution >= 0.6 is 127 Å². The van der Waals surface area contributed by atoms with Crippen LogP contribution in [0.15, 0.2) is 187 Å². The third-order valence-corrected chi connectivity index (χ3v) is 19.4. The zero-order valence-corrected chi connectivity index (χ0v) is 73.3. The highest BCUT2D eigenvalue weighted by Crippen LogP contribution is 2.37. The van der Waals surface area contributed by atoms with Gasteiger partial charge in [0.1, 0.15) is 11.6 Å². The number of rotatable bonds is 0. The highest BCUT2D eigenvalue weighted by molar-refractivity contribution is 7.10. The normalized spacial score (nSPS) is 11.7. The summed E-state index contributed by atoms with van der Waals surface area (Å²) in [6.07, 6.45) is 0. The fourth-order valence-corrected chi connectivity index (χ4v) is 12.5. The Bertz CT molecular complexity index is 3770. The van der Waals surface area contributed by atoms with Crippen molar-refractivity contribution in [3.63, 3.8) is 0 Å². The second-order valence-corrected chi connectivity index (χ2v) is 38.9. The molecule has 0 aliphatic carbocycles. The highest BCUT2D eigenvalue weighted by atomic mass is 35.5. The topological polar surface area (TPSA) is 20.2 Å². The molecule has 0 fully saturated rings. The first-order valence-corrected chi connectivity index (χ1v) is 38.4. The van der Waals surface area contributed by atoms with Gasteiger partial charge in [0, 0.05) is 45.1 Å². The van der Waals surface area contributed by atoms with E-state index in [0.717, 1.165) is 47.4 Å². The number of benzene rings is 8. The van der Waals surface area contributed by atoms with Gasteiger partial charge in [-0.05, 0) is 196 Å². The smallest absolute Gasteiger partial charge is 0.123 e. The van der Waals surface area contributed by atoms with E-state index in [-0.39, 0.29) is 49.5 Å². The van der Waals surface area contributed by atoms with Crippen molar-refractivity contribution >= 4 is 127 Å². The van der Waals surface area contributed by atoms with E-state index < -0.39 is 0 Å². The summed E-state index contributed by atoms with van der Waals surface area (Å²) >= 11 is 60.6. The Labute approximate surface area is 665 Å². The number of phenolic OH excluding ortho intramolecular Hbond substituents is 1. The van der Waals surface area contributed by atoms with E-state index in [9.17, 15) is 9.50 Å². The molecule has 0 spiro atoms. The molecule has 0 saturated carbocycles. The molecule has 13 heteroatoms. The van der Waals surface area contributed by atoms with Crippen LogP contribution in [-0.2, 0) is 48.7 Å². The largest absolute Gasteiger partial charge is 0.508 e. The maximum Gasteiger partial charge on any atom is 0.123 e. The van der Waals surface area contributed by atoms with Crippen LogP contribution in [0.5, 0.6) is 5.75 Å². The lowest BCUT2D eigenvalue weighted by atomic mass is 9.86. The molecule has 0 unspecified atom stereocenters. The first-order chi connectivity index (χ1) is 45.8. The zero-order chi connectivity index (χ0) is 78.3. The average molecular weight is 1590 g/mol. The Hall–Kier alpha value is -3.91. The van der Waals surface area contributed by atoms with Crippen LogP contribution < -0.4 is 0 Å². The van der Waals surface area contributed by atoms with Gasteiger partial charge in [-0.15, -0.1) is 11.3 Å². The van der Waals surface area contributed by atoms with E-state index in [1.807, 2.05) is 111 Å². The third kappa shape index (κ3) is 37.3. The van der Waals surface area contributed by atoms with Crippen LogP contribution in [0.3, 0.4) is 0 Å². The molecule has 1 nitrogen and oxygen atoms in total. The quantitative estimate of drug-likeness (QED) is 0.160. The average Bonchev–Trinajstić information content (AvgIpc) is 1.83. The maximum atomic E-state index is 12.8. The molecule has 1 aromatic heterocycles. The summed E-state index contributed by atoms with van der Waals surface area (Å²) in [5, 5.41) is 18.7. The summed E-state index contributed by atoms with van der Waals surface area (Å²) < 4.78 is 12.8. The summed E-state index contributed by atoms with van der Waals surface area (Å²) in [5.41, 5.74) is 10.3. The van der Waals surface area contributed by atoms with Gasteiger partial charge in [0.2, 0.25) is 0 Å². The summed E-state index contributed by atoms with van der Waals surface area (Å²) in [6, 6.07) is 57.5. The van der Waals surface area contributed by atoms with Gasteiger partial charge in [0.25, 0.3) is 0 Å². The Morgan fingerprint density at radius 3 is 0.960 bits per heavy atom. The molecule has 9 aromatic rings. The second kappa shape index (κ2) is 41.3. The summed E-state index contributed by atoms with van der Waals surface area (Å²) in [7, 11) is 0. The molecule has 0 aliphatic heterocycles. The van der Waals surface area contributed by atoms with E-state index in [1.54, 1.807) is 30.3 Å². The fourth-order valence-electron chi connectivity index (χ4n) is 9.01. The lowest BCUT2D eigenvalue weighted by Gasteiger charge is -2.20. The van der Waals surface area contributed by atoms with E-state index in [1.165, 1.54) is 39.3 Å². The number of thiophene rings is 1. The first-order valence-electron chi connectivity index (χ1n) is 33.7.